The molecule has 4 rings (SSSR count). The first kappa shape index (κ1) is 17.7. The van der Waals surface area contributed by atoms with Crippen molar-refractivity contribution in [3.63, 3.8) is 0 Å². The Hall–Kier alpha value is -2.10. The molecule has 3 saturated carbocycles. The minimum Gasteiger partial charge on any atom is -0.355 e. The van der Waals surface area contributed by atoms with E-state index in [1.807, 2.05) is 18.2 Å². The van der Waals surface area contributed by atoms with Gasteiger partial charge in [0.2, 0.25) is 5.91 Å². The number of nitrogens with one attached hydrogen (secondary N) is 2. The smallest absolute Gasteiger partial charge is 0.251 e. The quantitative estimate of drug-likeness (QED) is 0.809. The van der Waals surface area contributed by atoms with E-state index in [2.05, 4.69) is 31.1 Å². The predicted molar refractivity (Wildman–Crippen MR) is 99.2 cm³/mol. The first-order chi connectivity index (χ1) is 11.8. The monoisotopic (exact) mass is 340 g/mol. The lowest BCUT2D eigenvalue weighted by Gasteiger charge is -2.60. The van der Waals surface area contributed by atoms with Crippen LogP contribution in [0.1, 0.15) is 49.0 Å². The second-order valence-electron chi connectivity index (χ2n) is 8.02. The van der Waals surface area contributed by atoms with E-state index in [4.69, 9.17) is 0 Å². The van der Waals surface area contributed by atoms with Crippen molar-refractivity contribution in [2.45, 2.75) is 45.6 Å². The number of fused-ring (bicyclic) bond motifs is 2. The fourth-order valence-corrected chi connectivity index (χ4v) is 4.41. The van der Waals surface area contributed by atoms with Gasteiger partial charge in [-0.05, 0) is 54.2 Å². The van der Waals surface area contributed by atoms with E-state index in [-0.39, 0.29) is 17.9 Å². The summed E-state index contributed by atoms with van der Waals surface area (Å²) >= 11 is 0. The Morgan fingerprint density at radius 1 is 1.28 bits per heavy atom. The summed E-state index contributed by atoms with van der Waals surface area (Å²) in [6.07, 6.45) is 3.30. The van der Waals surface area contributed by atoms with Gasteiger partial charge in [-0.25, -0.2) is 0 Å². The van der Waals surface area contributed by atoms with Crippen LogP contribution in [0.15, 0.2) is 36.4 Å². The molecule has 0 aromatic heterocycles. The van der Waals surface area contributed by atoms with Crippen LogP contribution in [0, 0.1) is 17.3 Å². The van der Waals surface area contributed by atoms with Crippen LogP contribution in [0.5, 0.6) is 0 Å². The van der Waals surface area contributed by atoms with Gasteiger partial charge >= 0.3 is 0 Å². The van der Waals surface area contributed by atoms with Gasteiger partial charge in [0.25, 0.3) is 5.91 Å². The normalized spacial score (nSPS) is 26.5. The molecule has 1 aromatic carbocycles. The van der Waals surface area contributed by atoms with Crippen molar-refractivity contribution in [1.29, 1.82) is 0 Å². The molecule has 4 nitrogen and oxygen atoms in total. The van der Waals surface area contributed by atoms with Crippen molar-refractivity contribution in [3.8, 4) is 0 Å². The van der Waals surface area contributed by atoms with Gasteiger partial charge in [-0.3, -0.25) is 9.59 Å². The topological polar surface area (TPSA) is 58.2 Å². The Morgan fingerprint density at radius 3 is 2.68 bits per heavy atom. The molecule has 2 amide bonds. The second kappa shape index (κ2) is 6.66. The Labute approximate surface area is 150 Å². The first-order valence-electron chi connectivity index (χ1n) is 9.12. The fourth-order valence-electron chi connectivity index (χ4n) is 4.41. The molecule has 3 fully saturated rings. The molecule has 25 heavy (non-hydrogen) atoms. The number of amides is 2. The summed E-state index contributed by atoms with van der Waals surface area (Å²) in [7, 11) is 1.62. The van der Waals surface area contributed by atoms with Crippen LogP contribution in [0.25, 0.3) is 0 Å². The first-order valence-corrected chi connectivity index (χ1v) is 9.12. The average Bonchev–Trinajstić information content (AvgIpc) is 2.60. The maximum Gasteiger partial charge on any atom is 0.251 e. The van der Waals surface area contributed by atoms with Gasteiger partial charge < -0.3 is 10.6 Å². The van der Waals surface area contributed by atoms with Crippen LogP contribution in [0.4, 0.5) is 0 Å². The molecular formula is C21H28N2O2. The molecule has 0 spiro atoms. The predicted octanol–water partition coefficient (Wildman–Crippen LogP) is 3.09. The lowest BCUT2D eigenvalue weighted by molar-refractivity contribution is -0.123. The third-order valence-electron chi connectivity index (χ3n) is 6.28. The highest BCUT2D eigenvalue weighted by Crippen LogP contribution is 2.60. The number of carbonyl (C=O) groups is 2. The van der Waals surface area contributed by atoms with Gasteiger partial charge in [0.1, 0.15) is 0 Å². The van der Waals surface area contributed by atoms with Crippen molar-refractivity contribution in [1.82, 2.24) is 10.6 Å². The molecule has 3 aliphatic carbocycles. The van der Waals surface area contributed by atoms with E-state index in [1.54, 1.807) is 13.1 Å². The maximum atomic E-state index is 12.4. The highest BCUT2D eigenvalue weighted by Gasteiger charge is 2.54. The zero-order valence-corrected chi connectivity index (χ0v) is 15.4. The van der Waals surface area contributed by atoms with E-state index in [0.717, 1.165) is 12.0 Å². The van der Waals surface area contributed by atoms with Crippen LogP contribution < -0.4 is 10.6 Å². The van der Waals surface area contributed by atoms with Gasteiger partial charge in [-0.1, -0.05) is 38.1 Å². The number of hydrogen-bond donors (Lipinski definition) is 2. The summed E-state index contributed by atoms with van der Waals surface area (Å²) in [5.41, 5.74) is 3.17. The number of benzene rings is 1. The Morgan fingerprint density at radius 2 is 2.04 bits per heavy atom. The van der Waals surface area contributed by atoms with E-state index >= 15 is 0 Å². The van der Waals surface area contributed by atoms with Crippen molar-refractivity contribution in [2.24, 2.45) is 17.3 Å². The van der Waals surface area contributed by atoms with Crippen molar-refractivity contribution >= 4 is 11.8 Å². The molecule has 134 valence electrons. The van der Waals surface area contributed by atoms with E-state index in [0.29, 0.717) is 35.7 Å². The molecule has 3 atom stereocenters. The Balaban J connectivity index is 1.53. The van der Waals surface area contributed by atoms with Crippen LogP contribution in [0.3, 0.4) is 0 Å². The molecule has 2 bridgehead atoms. The number of aryl methyl sites for hydroxylation is 1. The van der Waals surface area contributed by atoms with Crippen LogP contribution in [0.2, 0.25) is 0 Å². The summed E-state index contributed by atoms with van der Waals surface area (Å²) in [6.45, 7) is 8.89. The zero-order chi connectivity index (χ0) is 18.2. The van der Waals surface area contributed by atoms with Gasteiger partial charge in [-0.15, -0.1) is 0 Å². The average molecular weight is 340 g/mol. The van der Waals surface area contributed by atoms with Crippen molar-refractivity contribution in [3.05, 3.63) is 47.5 Å². The SMILES string of the molecule is C=C1C(NC(=O)CCc2cccc(C(=O)NC)c2)C[C@H]2C[C@@H]1C2(C)C. The lowest BCUT2D eigenvalue weighted by atomic mass is 9.46. The highest BCUT2D eigenvalue weighted by atomic mass is 16.2. The number of carbonyl (C=O) groups excluding carboxylic acids is 2. The van der Waals surface area contributed by atoms with Crippen molar-refractivity contribution in [2.75, 3.05) is 7.05 Å². The summed E-state index contributed by atoms with van der Waals surface area (Å²) in [5.74, 6) is 1.19. The molecule has 0 heterocycles. The zero-order valence-electron chi connectivity index (χ0n) is 15.4. The molecular weight excluding hydrogens is 312 g/mol. The third kappa shape index (κ3) is 3.35. The van der Waals surface area contributed by atoms with Gasteiger partial charge in [0.15, 0.2) is 0 Å². The summed E-state index contributed by atoms with van der Waals surface area (Å²) < 4.78 is 0. The van der Waals surface area contributed by atoms with Gasteiger partial charge in [0, 0.05) is 19.0 Å². The summed E-state index contributed by atoms with van der Waals surface area (Å²) in [4.78, 5) is 24.0. The molecule has 2 N–H and O–H groups in total. The van der Waals surface area contributed by atoms with Crippen LogP contribution >= 0.6 is 0 Å². The molecule has 4 heteroatoms. The molecule has 1 aromatic rings. The van der Waals surface area contributed by atoms with Crippen LogP contribution in [-0.2, 0) is 11.2 Å². The lowest BCUT2D eigenvalue weighted by Crippen LogP contribution is -2.57. The third-order valence-corrected chi connectivity index (χ3v) is 6.28. The minimum atomic E-state index is -0.105. The summed E-state index contributed by atoms with van der Waals surface area (Å²) in [6, 6.07) is 7.57. The van der Waals surface area contributed by atoms with E-state index < -0.39 is 0 Å². The molecule has 0 aliphatic heterocycles. The van der Waals surface area contributed by atoms with Gasteiger partial charge in [0.05, 0.1) is 6.04 Å². The number of hydrogen-bond acceptors (Lipinski definition) is 2. The Kier molecular flexibility index (Phi) is 4.72. The maximum absolute atomic E-state index is 12.4. The Bertz CT molecular complexity index is 708. The molecule has 3 aliphatic rings. The van der Waals surface area contributed by atoms with Crippen LogP contribution in [-0.4, -0.2) is 24.9 Å². The van der Waals surface area contributed by atoms with E-state index in [1.165, 1.54) is 12.0 Å². The van der Waals surface area contributed by atoms with Crippen molar-refractivity contribution < 1.29 is 9.59 Å². The van der Waals surface area contributed by atoms with E-state index in [9.17, 15) is 9.59 Å². The fraction of sp³-hybridized carbons (Fsp3) is 0.524. The van der Waals surface area contributed by atoms with Gasteiger partial charge in [-0.2, -0.15) is 0 Å². The standard InChI is InChI=1S/C21H28N2O2/c1-13-17-11-16(21(17,2)3)12-18(13)23-19(24)9-8-14-6-5-7-15(10-14)20(25)22-4/h5-7,10,16-18H,1,8-9,11-12H2,2-4H3,(H,22,25)(H,23,24)/t16-,17+,18?/m1/s1. The second-order valence-corrected chi connectivity index (χ2v) is 8.02. The highest BCUT2D eigenvalue weighted by molar-refractivity contribution is 5.94. The molecule has 0 saturated heterocycles. The largest absolute Gasteiger partial charge is 0.355 e. The summed E-state index contributed by atoms with van der Waals surface area (Å²) in [5, 5.41) is 5.79. The molecule has 1 unspecified atom stereocenters. The number of rotatable bonds is 5. The molecule has 0 radical (unpaired) electrons. The minimum absolute atomic E-state index is 0.0654.